The molecular weight excluding hydrogens is 480 g/mol. The molecule has 212 valence electrons. The number of hydrogen-bond acceptors (Lipinski definition) is 9. The number of rotatable bonds is 22. The van der Waals surface area contributed by atoms with Crippen molar-refractivity contribution in [3.63, 3.8) is 0 Å². The van der Waals surface area contributed by atoms with Gasteiger partial charge in [0.15, 0.2) is 0 Å². The van der Waals surface area contributed by atoms with Crippen molar-refractivity contribution in [1.82, 2.24) is 0 Å². The molecule has 3 saturated carbocycles. The van der Waals surface area contributed by atoms with Gasteiger partial charge in [0.25, 0.3) is 0 Å². The normalized spacial score (nSPS) is 30.9. The Hall–Kier alpha value is -1.07. The van der Waals surface area contributed by atoms with Crippen LogP contribution in [0.3, 0.4) is 0 Å². The van der Waals surface area contributed by atoms with Crippen LogP contribution in [0.15, 0.2) is 12.2 Å². The molecule has 0 saturated heterocycles. The molecule has 0 N–H and O–H groups in total. The molecule has 9 heteroatoms. The fraction of sp³-hybridized carbons (Fsp3) is 0.893. The lowest BCUT2D eigenvalue weighted by atomic mass is 9.69. The second-order valence-corrected chi connectivity index (χ2v) is 10.4. The topological polar surface area (TPSA) is 90.9 Å². The number of carbonyl (C=O) groups is 1. The first kappa shape index (κ1) is 28.9. The first-order chi connectivity index (χ1) is 18.3. The van der Waals surface area contributed by atoms with E-state index in [9.17, 15) is 4.79 Å². The summed E-state index contributed by atoms with van der Waals surface area (Å²) in [5.41, 5.74) is 0. The maximum atomic E-state index is 12.7. The minimum Gasteiger partial charge on any atom is -0.463 e. The maximum absolute atomic E-state index is 12.7. The van der Waals surface area contributed by atoms with E-state index in [-0.39, 0.29) is 11.9 Å². The first-order valence-corrected chi connectivity index (χ1v) is 14.1. The zero-order chi connectivity index (χ0) is 25.7. The van der Waals surface area contributed by atoms with E-state index in [4.69, 9.17) is 37.9 Å². The Morgan fingerprint density at radius 1 is 0.595 bits per heavy atom. The van der Waals surface area contributed by atoms with Gasteiger partial charge in [0, 0.05) is 7.11 Å². The Kier molecular flexibility index (Phi) is 12.6. The van der Waals surface area contributed by atoms with Crippen molar-refractivity contribution in [1.29, 1.82) is 0 Å². The van der Waals surface area contributed by atoms with E-state index in [1.165, 1.54) is 12.8 Å². The highest BCUT2D eigenvalue weighted by molar-refractivity contribution is 5.73. The predicted octanol–water partition coefficient (Wildman–Crippen LogP) is 2.37. The minimum atomic E-state index is -0.00507. The van der Waals surface area contributed by atoms with Crippen molar-refractivity contribution in [2.75, 3.05) is 99.6 Å². The van der Waals surface area contributed by atoms with E-state index in [0.717, 1.165) is 36.0 Å². The second kappa shape index (κ2) is 16.1. The average molecular weight is 527 g/mol. The molecule has 0 amide bonds. The molecule has 0 aromatic rings. The molecule has 0 aromatic heterocycles. The molecule has 7 unspecified atom stereocenters. The van der Waals surface area contributed by atoms with E-state index in [0.29, 0.717) is 98.4 Å². The Labute approximate surface area is 221 Å². The van der Waals surface area contributed by atoms with Crippen LogP contribution in [0, 0.1) is 41.4 Å². The van der Waals surface area contributed by atoms with Crippen molar-refractivity contribution in [2.24, 2.45) is 41.4 Å². The molecule has 0 spiro atoms. The summed E-state index contributed by atoms with van der Waals surface area (Å²) in [5.74, 6) is 4.47. The third-order valence-electron chi connectivity index (χ3n) is 8.34. The lowest BCUT2D eigenvalue weighted by Gasteiger charge is -2.35. The van der Waals surface area contributed by atoms with E-state index in [1.54, 1.807) is 7.11 Å². The highest BCUT2D eigenvalue weighted by Crippen LogP contribution is 2.67. The van der Waals surface area contributed by atoms with Crippen molar-refractivity contribution in [3.8, 4) is 0 Å². The van der Waals surface area contributed by atoms with Crippen LogP contribution in [0.5, 0.6) is 0 Å². The van der Waals surface area contributed by atoms with E-state index in [2.05, 4.69) is 12.2 Å². The molecule has 9 nitrogen and oxygen atoms in total. The Balaban J connectivity index is 0.869. The monoisotopic (exact) mass is 526 g/mol. The highest BCUT2D eigenvalue weighted by Gasteiger charge is 2.62. The molecule has 37 heavy (non-hydrogen) atoms. The molecule has 4 aliphatic carbocycles. The summed E-state index contributed by atoms with van der Waals surface area (Å²) in [5, 5.41) is 0. The number of esters is 1. The summed E-state index contributed by atoms with van der Waals surface area (Å²) >= 11 is 0. The Morgan fingerprint density at radius 2 is 1.05 bits per heavy atom. The molecule has 4 rings (SSSR count). The van der Waals surface area contributed by atoms with Crippen molar-refractivity contribution < 1.29 is 42.7 Å². The van der Waals surface area contributed by atoms with Gasteiger partial charge in [-0.05, 0) is 54.8 Å². The molecule has 7 atom stereocenters. The number of carbonyl (C=O) groups excluding carboxylic acids is 1. The third kappa shape index (κ3) is 8.46. The lowest BCUT2D eigenvalue weighted by Crippen LogP contribution is -2.35. The quantitative estimate of drug-likeness (QED) is 0.0913. The van der Waals surface area contributed by atoms with Crippen molar-refractivity contribution >= 4 is 5.97 Å². The van der Waals surface area contributed by atoms with Gasteiger partial charge in [0.05, 0.1) is 91.8 Å². The number of fused-ring (bicyclic) bond motifs is 9. The van der Waals surface area contributed by atoms with Gasteiger partial charge in [-0.1, -0.05) is 12.2 Å². The number of hydrogen-bond donors (Lipinski definition) is 0. The van der Waals surface area contributed by atoms with Crippen LogP contribution in [0.1, 0.15) is 19.3 Å². The SMILES string of the molecule is COCCOCCOCCOCCOCCOCCOCCOC(=O)C1CC2CC1C1C3C=CC(C3)C21. The van der Waals surface area contributed by atoms with Gasteiger partial charge in [-0.15, -0.1) is 0 Å². The largest absolute Gasteiger partial charge is 0.463 e. The van der Waals surface area contributed by atoms with Gasteiger partial charge >= 0.3 is 5.97 Å². The summed E-state index contributed by atoms with van der Waals surface area (Å²) in [7, 11) is 1.65. The molecule has 3 fully saturated rings. The van der Waals surface area contributed by atoms with Gasteiger partial charge in [-0.2, -0.15) is 0 Å². The van der Waals surface area contributed by atoms with Gasteiger partial charge in [-0.25, -0.2) is 0 Å². The molecular formula is C28H46O9. The van der Waals surface area contributed by atoms with Crippen LogP contribution in [-0.4, -0.2) is 106 Å². The highest BCUT2D eigenvalue weighted by atomic mass is 16.6. The van der Waals surface area contributed by atoms with Gasteiger partial charge in [-0.3, -0.25) is 4.79 Å². The summed E-state index contributed by atoms with van der Waals surface area (Å²) in [4.78, 5) is 12.7. The zero-order valence-electron chi connectivity index (χ0n) is 22.4. The van der Waals surface area contributed by atoms with Crippen LogP contribution in [0.2, 0.25) is 0 Å². The van der Waals surface area contributed by atoms with Crippen LogP contribution in [0.4, 0.5) is 0 Å². The van der Waals surface area contributed by atoms with Gasteiger partial charge in [0.2, 0.25) is 0 Å². The maximum Gasteiger partial charge on any atom is 0.309 e. The predicted molar refractivity (Wildman–Crippen MR) is 135 cm³/mol. The molecule has 0 radical (unpaired) electrons. The molecule has 0 heterocycles. The van der Waals surface area contributed by atoms with Crippen molar-refractivity contribution in [3.05, 3.63) is 12.2 Å². The average Bonchev–Trinajstić information content (AvgIpc) is 3.70. The minimum absolute atomic E-state index is 0.00507. The second-order valence-electron chi connectivity index (χ2n) is 10.4. The van der Waals surface area contributed by atoms with Gasteiger partial charge in [0.1, 0.15) is 6.61 Å². The van der Waals surface area contributed by atoms with Gasteiger partial charge < -0.3 is 37.9 Å². The van der Waals surface area contributed by atoms with Crippen LogP contribution in [-0.2, 0) is 42.7 Å². The first-order valence-electron chi connectivity index (χ1n) is 14.1. The summed E-state index contributed by atoms with van der Waals surface area (Å²) in [6, 6.07) is 0. The standard InChI is InChI=1S/C28H46O9/c1-30-4-5-31-6-7-32-8-9-33-10-11-34-12-13-35-14-15-36-16-17-37-28(29)25-20-23-19-24(25)27-22-3-2-21(18-22)26(23)27/h2-3,21-27H,4-20H2,1H3. The summed E-state index contributed by atoms with van der Waals surface area (Å²) in [6.45, 7) is 7.14. The van der Waals surface area contributed by atoms with E-state index < -0.39 is 0 Å². The Bertz CT molecular complexity index is 687. The zero-order valence-corrected chi connectivity index (χ0v) is 22.4. The van der Waals surface area contributed by atoms with Crippen LogP contribution < -0.4 is 0 Å². The number of ether oxygens (including phenoxy) is 8. The third-order valence-corrected chi connectivity index (χ3v) is 8.34. The molecule has 0 aliphatic heterocycles. The van der Waals surface area contributed by atoms with Crippen LogP contribution in [0.25, 0.3) is 0 Å². The van der Waals surface area contributed by atoms with Crippen LogP contribution >= 0.6 is 0 Å². The fourth-order valence-corrected chi connectivity index (χ4v) is 6.94. The summed E-state index contributed by atoms with van der Waals surface area (Å²) in [6.07, 6.45) is 8.44. The molecule has 0 aromatic carbocycles. The van der Waals surface area contributed by atoms with E-state index >= 15 is 0 Å². The lowest BCUT2D eigenvalue weighted by molar-refractivity contribution is -0.153. The number of methoxy groups -OCH3 is 1. The van der Waals surface area contributed by atoms with Crippen molar-refractivity contribution in [2.45, 2.75) is 19.3 Å². The fourth-order valence-electron chi connectivity index (χ4n) is 6.94. The summed E-state index contributed by atoms with van der Waals surface area (Å²) < 4.78 is 43.1. The molecule has 4 bridgehead atoms. The Morgan fingerprint density at radius 3 is 1.57 bits per heavy atom. The number of allylic oxidation sites excluding steroid dienone is 2. The smallest absolute Gasteiger partial charge is 0.309 e. The molecule has 4 aliphatic rings. The van der Waals surface area contributed by atoms with E-state index in [1.807, 2.05) is 0 Å².